The Morgan fingerprint density at radius 3 is 2.73 bits per heavy atom. The van der Waals surface area contributed by atoms with Crippen LogP contribution in [0.15, 0.2) is 48.0 Å². The quantitative estimate of drug-likeness (QED) is 0.332. The lowest BCUT2D eigenvalue weighted by Gasteiger charge is -2.26. The molecule has 2 aromatic carbocycles. The van der Waals surface area contributed by atoms with Crippen molar-refractivity contribution in [2.24, 2.45) is 0 Å². The Morgan fingerprint density at radius 2 is 1.97 bits per heavy atom. The van der Waals surface area contributed by atoms with Gasteiger partial charge in [0, 0.05) is 18.5 Å². The van der Waals surface area contributed by atoms with Gasteiger partial charge in [0.05, 0.1) is 18.2 Å². The molecule has 1 saturated heterocycles. The van der Waals surface area contributed by atoms with E-state index in [-0.39, 0.29) is 11.3 Å². The van der Waals surface area contributed by atoms with Gasteiger partial charge in [-0.3, -0.25) is 9.59 Å². The average molecular weight is 405 g/mol. The van der Waals surface area contributed by atoms with Crippen LogP contribution < -0.4 is 4.74 Å². The Morgan fingerprint density at radius 1 is 1.17 bits per heavy atom. The van der Waals surface area contributed by atoms with Gasteiger partial charge < -0.3 is 14.7 Å². The van der Waals surface area contributed by atoms with Crippen molar-refractivity contribution < 1.29 is 19.4 Å². The van der Waals surface area contributed by atoms with Crippen LogP contribution in [0.5, 0.6) is 5.75 Å². The average Bonchev–Trinajstić information content (AvgIpc) is 3.31. The number of aliphatic hydroxyl groups excluding tert-OH is 1. The van der Waals surface area contributed by atoms with Gasteiger partial charge in [0.1, 0.15) is 11.5 Å². The number of aryl methyl sites for hydroxylation is 1. The zero-order valence-electron chi connectivity index (χ0n) is 17.5. The number of Topliss-reactive ketones (excluding diaryl/α,β-unsaturated/α-hetero) is 1. The molecular weight excluding hydrogens is 378 g/mol. The third-order valence-electron chi connectivity index (χ3n) is 5.99. The highest BCUT2D eigenvalue weighted by molar-refractivity contribution is 6.46. The molecule has 1 atom stereocenters. The molecule has 0 aliphatic carbocycles. The standard InChI is InChI=1S/C25H27NO4/c1-3-4-7-13-26-22(19-9-6-5-8-16(19)2)21(24(28)25(26)29)23(27)18-10-11-20-17(15-18)12-14-30-20/h5-6,8-11,15,22,27H,3-4,7,12-14H2,1-2H3/b23-21+. The summed E-state index contributed by atoms with van der Waals surface area (Å²) in [5.41, 5.74) is 3.58. The Bertz CT molecular complexity index is 1020. The van der Waals surface area contributed by atoms with Gasteiger partial charge in [-0.15, -0.1) is 0 Å². The molecule has 156 valence electrons. The summed E-state index contributed by atoms with van der Waals surface area (Å²) in [7, 11) is 0. The van der Waals surface area contributed by atoms with Gasteiger partial charge in [-0.05, 0) is 48.2 Å². The van der Waals surface area contributed by atoms with Gasteiger partial charge in [0.25, 0.3) is 11.7 Å². The van der Waals surface area contributed by atoms with Crippen LogP contribution >= 0.6 is 0 Å². The number of rotatable bonds is 6. The SMILES string of the molecule is CCCCCN1C(=O)C(=O)/C(=C(/O)c2ccc3c(c2)CCO3)C1c1ccccc1C. The summed E-state index contributed by atoms with van der Waals surface area (Å²) in [6.45, 7) is 5.18. The molecule has 4 rings (SSSR count). The van der Waals surface area contributed by atoms with Crippen molar-refractivity contribution in [1.82, 2.24) is 4.90 Å². The van der Waals surface area contributed by atoms with Crippen LogP contribution in [0.1, 0.15) is 54.5 Å². The second kappa shape index (κ2) is 8.34. The largest absolute Gasteiger partial charge is 0.507 e. The van der Waals surface area contributed by atoms with Gasteiger partial charge in [-0.1, -0.05) is 44.0 Å². The molecule has 1 fully saturated rings. The summed E-state index contributed by atoms with van der Waals surface area (Å²) in [5.74, 6) is -0.462. The fourth-order valence-corrected chi connectivity index (χ4v) is 4.35. The van der Waals surface area contributed by atoms with Crippen molar-refractivity contribution in [2.75, 3.05) is 13.2 Å². The minimum Gasteiger partial charge on any atom is -0.507 e. The molecule has 5 heteroatoms. The van der Waals surface area contributed by atoms with Crippen LogP contribution in [0.4, 0.5) is 0 Å². The zero-order chi connectivity index (χ0) is 21.3. The molecule has 0 radical (unpaired) electrons. The van der Waals surface area contributed by atoms with Crippen LogP contribution in [-0.2, 0) is 16.0 Å². The number of amides is 1. The number of ether oxygens (including phenoxy) is 1. The van der Waals surface area contributed by atoms with E-state index in [1.54, 1.807) is 11.0 Å². The summed E-state index contributed by atoms with van der Waals surface area (Å²) < 4.78 is 5.55. The molecule has 2 heterocycles. The molecule has 2 aromatic rings. The monoisotopic (exact) mass is 405 g/mol. The normalized spacial score (nSPS) is 19.8. The summed E-state index contributed by atoms with van der Waals surface area (Å²) in [6.07, 6.45) is 3.59. The molecule has 2 aliphatic heterocycles. The highest BCUT2D eigenvalue weighted by atomic mass is 16.5. The predicted molar refractivity (Wildman–Crippen MR) is 115 cm³/mol. The van der Waals surface area contributed by atoms with Gasteiger partial charge in [0.15, 0.2) is 0 Å². The number of carbonyl (C=O) groups is 2. The van der Waals surface area contributed by atoms with E-state index < -0.39 is 17.7 Å². The molecular formula is C25H27NO4. The lowest BCUT2D eigenvalue weighted by atomic mass is 9.92. The molecule has 5 nitrogen and oxygen atoms in total. The fourth-order valence-electron chi connectivity index (χ4n) is 4.35. The van der Waals surface area contributed by atoms with E-state index in [0.717, 1.165) is 48.1 Å². The topological polar surface area (TPSA) is 66.8 Å². The molecule has 1 unspecified atom stereocenters. The second-order valence-electron chi connectivity index (χ2n) is 7.98. The summed E-state index contributed by atoms with van der Waals surface area (Å²) >= 11 is 0. The summed E-state index contributed by atoms with van der Waals surface area (Å²) in [5, 5.41) is 11.2. The second-order valence-corrected chi connectivity index (χ2v) is 7.98. The maximum Gasteiger partial charge on any atom is 0.295 e. The van der Waals surface area contributed by atoms with E-state index in [4.69, 9.17) is 4.74 Å². The van der Waals surface area contributed by atoms with E-state index in [1.165, 1.54) is 0 Å². The first-order valence-electron chi connectivity index (χ1n) is 10.6. The molecule has 1 N–H and O–H groups in total. The van der Waals surface area contributed by atoms with Crippen molar-refractivity contribution in [3.8, 4) is 5.75 Å². The Balaban J connectivity index is 1.83. The van der Waals surface area contributed by atoms with Crippen LogP contribution in [0.3, 0.4) is 0 Å². The van der Waals surface area contributed by atoms with Crippen molar-refractivity contribution in [3.63, 3.8) is 0 Å². The maximum atomic E-state index is 13.1. The maximum absolute atomic E-state index is 13.1. The van der Waals surface area contributed by atoms with Crippen LogP contribution in [0.25, 0.3) is 5.76 Å². The lowest BCUT2D eigenvalue weighted by Crippen LogP contribution is -2.31. The van der Waals surface area contributed by atoms with E-state index in [9.17, 15) is 14.7 Å². The molecule has 0 bridgehead atoms. The van der Waals surface area contributed by atoms with Crippen molar-refractivity contribution >= 4 is 17.4 Å². The minimum atomic E-state index is -0.617. The number of hydrogen-bond acceptors (Lipinski definition) is 4. The number of likely N-dealkylation sites (tertiary alicyclic amines) is 1. The first kappa shape index (κ1) is 20.2. The summed E-state index contributed by atoms with van der Waals surface area (Å²) in [4.78, 5) is 27.6. The molecule has 0 aromatic heterocycles. The zero-order valence-corrected chi connectivity index (χ0v) is 17.5. The van der Waals surface area contributed by atoms with Crippen molar-refractivity contribution in [3.05, 3.63) is 70.3 Å². The van der Waals surface area contributed by atoms with Gasteiger partial charge in [-0.25, -0.2) is 0 Å². The number of hydrogen-bond donors (Lipinski definition) is 1. The van der Waals surface area contributed by atoms with Crippen LogP contribution in [0, 0.1) is 6.92 Å². The Kier molecular flexibility index (Phi) is 5.62. The Labute approximate surface area is 177 Å². The summed E-state index contributed by atoms with van der Waals surface area (Å²) in [6, 6.07) is 12.6. The predicted octanol–water partition coefficient (Wildman–Crippen LogP) is 4.54. The Hall–Kier alpha value is -3.08. The molecule has 0 saturated carbocycles. The first-order chi connectivity index (χ1) is 14.5. The van der Waals surface area contributed by atoms with E-state index in [2.05, 4.69) is 6.92 Å². The fraction of sp³-hybridized carbons (Fsp3) is 0.360. The van der Waals surface area contributed by atoms with Crippen LogP contribution in [0.2, 0.25) is 0 Å². The van der Waals surface area contributed by atoms with E-state index >= 15 is 0 Å². The van der Waals surface area contributed by atoms with E-state index in [1.807, 2.05) is 43.3 Å². The number of benzene rings is 2. The van der Waals surface area contributed by atoms with Crippen LogP contribution in [-0.4, -0.2) is 34.8 Å². The highest BCUT2D eigenvalue weighted by Crippen LogP contribution is 2.41. The lowest BCUT2D eigenvalue weighted by molar-refractivity contribution is -0.139. The number of carbonyl (C=O) groups excluding carboxylic acids is 2. The number of aliphatic hydroxyl groups is 1. The van der Waals surface area contributed by atoms with Crippen molar-refractivity contribution in [2.45, 2.75) is 45.6 Å². The smallest absolute Gasteiger partial charge is 0.295 e. The number of ketones is 1. The van der Waals surface area contributed by atoms with Crippen molar-refractivity contribution in [1.29, 1.82) is 0 Å². The van der Waals surface area contributed by atoms with E-state index in [0.29, 0.717) is 18.7 Å². The number of fused-ring (bicyclic) bond motifs is 1. The number of nitrogens with zero attached hydrogens (tertiary/aromatic N) is 1. The van der Waals surface area contributed by atoms with Gasteiger partial charge in [0.2, 0.25) is 0 Å². The molecule has 30 heavy (non-hydrogen) atoms. The van der Waals surface area contributed by atoms with Gasteiger partial charge >= 0.3 is 0 Å². The minimum absolute atomic E-state index is 0.116. The third-order valence-corrected chi connectivity index (χ3v) is 5.99. The molecule has 0 spiro atoms. The highest BCUT2D eigenvalue weighted by Gasteiger charge is 2.46. The molecule has 1 amide bonds. The van der Waals surface area contributed by atoms with Gasteiger partial charge in [-0.2, -0.15) is 0 Å². The first-order valence-corrected chi connectivity index (χ1v) is 10.6. The number of unbranched alkanes of at least 4 members (excludes halogenated alkanes) is 2. The third kappa shape index (κ3) is 3.49. The molecule has 2 aliphatic rings.